The number of carbonyl (C=O) groups is 1. The zero-order valence-electron chi connectivity index (χ0n) is 12.3. The van der Waals surface area contributed by atoms with Crippen molar-refractivity contribution in [3.63, 3.8) is 0 Å². The highest BCUT2D eigenvalue weighted by Gasteiger charge is 2.33. The normalized spacial score (nSPS) is 18.9. The van der Waals surface area contributed by atoms with Gasteiger partial charge in [0.15, 0.2) is 6.10 Å². The Morgan fingerprint density at radius 2 is 1.62 bits per heavy atom. The Balaban J connectivity index is 4.10. The van der Waals surface area contributed by atoms with Crippen molar-refractivity contribution >= 4 is 5.91 Å². The maximum atomic E-state index is 11.5. The Hall–Kier alpha value is -0.770. The van der Waals surface area contributed by atoms with Crippen LogP contribution in [0.25, 0.3) is 0 Å². The third-order valence-electron chi connectivity index (χ3n) is 3.14. The smallest absolute Gasteiger partial charge is 0.251 e. The maximum Gasteiger partial charge on any atom is 0.251 e. The first-order chi connectivity index (χ1) is 9.72. The van der Waals surface area contributed by atoms with Crippen LogP contribution in [-0.4, -0.2) is 80.2 Å². The second-order valence-electron chi connectivity index (χ2n) is 5.20. The zero-order chi connectivity index (χ0) is 16.6. The van der Waals surface area contributed by atoms with Crippen LogP contribution in [0, 0.1) is 5.92 Å². The van der Waals surface area contributed by atoms with Gasteiger partial charge in [-0.3, -0.25) is 4.79 Å². The number of amides is 1. The number of carbonyl (C=O) groups excluding carboxylic acids is 1. The van der Waals surface area contributed by atoms with Crippen LogP contribution in [0.4, 0.5) is 0 Å². The van der Waals surface area contributed by atoms with Crippen LogP contribution in [0.1, 0.15) is 26.7 Å². The van der Waals surface area contributed by atoms with E-state index in [0.717, 1.165) is 5.92 Å². The molecular weight excluding hydrogens is 282 g/mol. The molecule has 125 valence electrons. The van der Waals surface area contributed by atoms with Crippen LogP contribution in [0.3, 0.4) is 0 Å². The lowest BCUT2D eigenvalue weighted by atomic mass is 10.0. The highest BCUT2D eigenvalue weighted by atomic mass is 16.4. The van der Waals surface area contributed by atoms with Gasteiger partial charge in [-0.25, -0.2) is 0 Å². The Labute approximate surface area is 124 Å². The Morgan fingerprint density at radius 3 is 2.10 bits per heavy atom. The number of hydrogen-bond donors (Lipinski definition) is 7. The van der Waals surface area contributed by atoms with E-state index in [9.17, 15) is 25.2 Å². The standard InChI is InChI=1S/C13H26NO7/c1-7(2)8(16)4-3-5-14-13(21)12(20)11(19)10(18)9(17)6-15/h8-12,15-20H,3-6H2,1-2H3,(H,14,21)/t8?,9-,10-,11+,12-/m1/s1. The summed E-state index contributed by atoms with van der Waals surface area (Å²) >= 11 is 0. The molecule has 7 N–H and O–H groups in total. The second-order valence-corrected chi connectivity index (χ2v) is 5.20. The maximum absolute atomic E-state index is 11.5. The lowest BCUT2D eigenvalue weighted by Gasteiger charge is -2.25. The molecule has 0 spiro atoms. The SMILES string of the molecule is C[C](C)C(O)CCCNC(=O)[C@H](O)[C@@H](O)[C@H](O)[C@H](O)CO. The molecule has 0 bridgehead atoms. The molecule has 1 amide bonds. The molecule has 0 heterocycles. The molecule has 8 nitrogen and oxygen atoms in total. The molecule has 0 saturated heterocycles. The lowest BCUT2D eigenvalue weighted by Crippen LogP contribution is -2.51. The van der Waals surface area contributed by atoms with Crippen molar-refractivity contribution in [2.24, 2.45) is 0 Å². The molecule has 0 saturated carbocycles. The molecule has 0 aliphatic carbocycles. The Morgan fingerprint density at radius 1 is 1.05 bits per heavy atom. The van der Waals surface area contributed by atoms with E-state index in [1.54, 1.807) is 13.8 Å². The summed E-state index contributed by atoms with van der Waals surface area (Å²) in [5.74, 6) is -0.0451. The number of hydrogen-bond acceptors (Lipinski definition) is 7. The number of rotatable bonds is 10. The summed E-state index contributed by atoms with van der Waals surface area (Å²) in [6.07, 6.45) is -6.96. The van der Waals surface area contributed by atoms with Crippen molar-refractivity contribution in [3.8, 4) is 0 Å². The molecule has 0 aromatic carbocycles. The molecule has 1 radical (unpaired) electrons. The molecular formula is C13H26NO7. The summed E-state index contributed by atoms with van der Waals surface area (Å²) in [6.45, 7) is 2.96. The molecule has 0 aliphatic rings. The van der Waals surface area contributed by atoms with Crippen LogP contribution < -0.4 is 5.32 Å². The number of nitrogens with one attached hydrogen (secondary N) is 1. The third kappa shape index (κ3) is 7.16. The summed E-state index contributed by atoms with van der Waals surface area (Å²) in [6, 6.07) is 0. The summed E-state index contributed by atoms with van der Waals surface area (Å²) in [5, 5.41) is 58.0. The summed E-state index contributed by atoms with van der Waals surface area (Å²) in [7, 11) is 0. The molecule has 5 atom stereocenters. The molecule has 0 aromatic heterocycles. The van der Waals surface area contributed by atoms with E-state index >= 15 is 0 Å². The van der Waals surface area contributed by atoms with Gasteiger partial charge in [-0.2, -0.15) is 0 Å². The van der Waals surface area contributed by atoms with Crippen LogP contribution in [0.2, 0.25) is 0 Å². The summed E-state index contributed by atoms with van der Waals surface area (Å²) in [5.41, 5.74) is 0. The average molecular weight is 308 g/mol. The average Bonchev–Trinajstić information content (AvgIpc) is 2.47. The van der Waals surface area contributed by atoms with Gasteiger partial charge in [0.1, 0.15) is 18.3 Å². The molecule has 1 unspecified atom stereocenters. The van der Waals surface area contributed by atoms with E-state index < -0.39 is 43.0 Å². The molecule has 21 heavy (non-hydrogen) atoms. The van der Waals surface area contributed by atoms with E-state index in [1.807, 2.05) is 0 Å². The van der Waals surface area contributed by atoms with Gasteiger partial charge < -0.3 is 36.0 Å². The molecule has 8 heteroatoms. The fourth-order valence-corrected chi connectivity index (χ4v) is 1.58. The van der Waals surface area contributed by atoms with Crippen LogP contribution in [0.15, 0.2) is 0 Å². The van der Waals surface area contributed by atoms with E-state index in [-0.39, 0.29) is 6.54 Å². The first-order valence-corrected chi connectivity index (χ1v) is 6.81. The topological polar surface area (TPSA) is 150 Å². The van der Waals surface area contributed by atoms with Gasteiger partial charge in [0.2, 0.25) is 0 Å². The first kappa shape index (κ1) is 20.2. The second kappa shape index (κ2) is 10.0. The van der Waals surface area contributed by atoms with Gasteiger partial charge in [0.05, 0.1) is 12.7 Å². The Bertz CT molecular complexity index is 300. The van der Waals surface area contributed by atoms with Gasteiger partial charge in [-0.15, -0.1) is 0 Å². The minimum Gasteiger partial charge on any atom is -0.394 e. The zero-order valence-corrected chi connectivity index (χ0v) is 12.3. The van der Waals surface area contributed by atoms with Gasteiger partial charge in [0, 0.05) is 6.54 Å². The largest absolute Gasteiger partial charge is 0.394 e. The van der Waals surface area contributed by atoms with E-state index in [1.165, 1.54) is 0 Å². The molecule has 0 rings (SSSR count). The summed E-state index contributed by atoms with van der Waals surface area (Å²) in [4.78, 5) is 11.5. The van der Waals surface area contributed by atoms with E-state index in [0.29, 0.717) is 12.8 Å². The van der Waals surface area contributed by atoms with Crippen LogP contribution >= 0.6 is 0 Å². The molecule has 0 aliphatic heterocycles. The van der Waals surface area contributed by atoms with Gasteiger partial charge in [0.25, 0.3) is 5.91 Å². The van der Waals surface area contributed by atoms with Crippen molar-refractivity contribution in [1.82, 2.24) is 5.32 Å². The number of aliphatic hydroxyl groups is 6. The Kier molecular flexibility index (Phi) is 9.67. The quantitative estimate of drug-likeness (QED) is 0.217. The lowest BCUT2D eigenvalue weighted by molar-refractivity contribution is -0.148. The minimum atomic E-state index is -1.93. The highest BCUT2D eigenvalue weighted by Crippen LogP contribution is 2.09. The fraction of sp³-hybridized carbons (Fsp3) is 0.846. The third-order valence-corrected chi connectivity index (χ3v) is 3.14. The van der Waals surface area contributed by atoms with Crippen LogP contribution in [0.5, 0.6) is 0 Å². The van der Waals surface area contributed by atoms with Crippen molar-refractivity contribution in [1.29, 1.82) is 0 Å². The van der Waals surface area contributed by atoms with Gasteiger partial charge in [-0.1, -0.05) is 13.8 Å². The van der Waals surface area contributed by atoms with Gasteiger partial charge >= 0.3 is 0 Å². The van der Waals surface area contributed by atoms with Gasteiger partial charge in [-0.05, 0) is 18.8 Å². The minimum absolute atomic E-state index is 0.186. The first-order valence-electron chi connectivity index (χ1n) is 6.81. The van der Waals surface area contributed by atoms with Crippen molar-refractivity contribution < 1.29 is 35.4 Å². The predicted molar refractivity (Wildman–Crippen MR) is 74.0 cm³/mol. The van der Waals surface area contributed by atoms with Crippen molar-refractivity contribution in [2.75, 3.05) is 13.2 Å². The van der Waals surface area contributed by atoms with Crippen molar-refractivity contribution in [2.45, 2.75) is 57.2 Å². The number of aliphatic hydroxyl groups excluding tert-OH is 6. The monoisotopic (exact) mass is 308 g/mol. The highest BCUT2D eigenvalue weighted by molar-refractivity contribution is 5.81. The summed E-state index contributed by atoms with van der Waals surface area (Å²) < 4.78 is 0. The van der Waals surface area contributed by atoms with Crippen LogP contribution in [-0.2, 0) is 4.79 Å². The predicted octanol–water partition coefficient (Wildman–Crippen LogP) is -2.71. The molecule has 0 fully saturated rings. The van der Waals surface area contributed by atoms with Crippen molar-refractivity contribution in [3.05, 3.63) is 5.92 Å². The fourth-order valence-electron chi connectivity index (χ4n) is 1.58. The van der Waals surface area contributed by atoms with E-state index in [2.05, 4.69) is 5.32 Å². The van der Waals surface area contributed by atoms with E-state index in [4.69, 9.17) is 10.2 Å². The molecule has 0 aromatic rings.